The van der Waals surface area contributed by atoms with Gasteiger partial charge < -0.3 is 14.2 Å². The van der Waals surface area contributed by atoms with Crippen molar-refractivity contribution in [2.75, 3.05) is 13.2 Å². The maximum Gasteiger partial charge on any atom is 0.306 e. The van der Waals surface area contributed by atoms with Crippen LogP contribution in [-0.2, 0) is 28.6 Å². The fourth-order valence-electron chi connectivity index (χ4n) is 6.24. The minimum absolute atomic E-state index is 0.0850. The molecule has 0 amide bonds. The summed E-state index contributed by atoms with van der Waals surface area (Å²) in [5, 5.41) is 0. The Bertz CT molecular complexity index is 1040. The molecule has 0 radical (unpaired) electrons. The van der Waals surface area contributed by atoms with E-state index in [0.717, 1.165) is 122 Å². The van der Waals surface area contributed by atoms with Crippen LogP contribution in [0.1, 0.15) is 220 Å². The van der Waals surface area contributed by atoms with Crippen molar-refractivity contribution in [3.05, 3.63) is 60.8 Å². The maximum atomic E-state index is 12.7. The van der Waals surface area contributed by atoms with Gasteiger partial charge in [-0.05, 0) is 77.0 Å². The number of rotatable bonds is 41. The molecule has 0 aliphatic carbocycles. The predicted molar refractivity (Wildman–Crippen MR) is 238 cm³/mol. The molecule has 0 bridgehead atoms. The number of ether oxygens (including phenoxy) is 3. The monoisotopic (exact) mass is 783 g/mol. The second kappa shape index (κ2) is 44.8. The molecule has 0 saturated heterocycles. The zero-order chi connectivity index (χ0) is 40.8. The Morgan fingerprint density at radius 1 is 0.375 bits per heavy atom. The summed E-state index contributed by atoms with van der Waals surface area (Å²) in [5.74, 6) is -0.921. The fourth-order valence-corrected chi connectivity index (χ4v) is 6.24. The standard InChI is InChI=1S/C50H86O6/c1-4-7-10-13-16-19-21-23-25-27-28-31-34-37-40-43-49(52)55-46-47(45-54-48(51)42-39-36-33-30-18-15-12-9-6-3)56-50(53)44-41-38-35-32-29-26-24-22-20-17-14-11-8-5-2/h7,10,14,16-17,19,22-25,47H,4-6,8-9,11-13,15,18,20-21,26-46H2,1-3H3/b10-7-,17-14-,19-16-,24-22-,25-23-. The van der Waals surface area contributed by atoms with Gasteiger partial charge in [0, 0.05) is 19.3 Å². The molecule has 322 valence electrons. The fraction of sp³-hybridized carbons (Fsp3) is 0.740. The Morgan fingerprint density at radius 3 is 1.14 bits per heavy atom. The van der Waals surface area contributed by atoms with Crippen LogP contribution in [0.15, 0.2) is 60.8 Å². The normalized spacial score (nSPS) is 12.6. The third kappa shape index (κ3) is 42.3. The van der Waals surface area contributed by atoms with Gasteiger partial charge in [-0.25, -0.2) is 0 Å². The summed E-state index contributed by atoms with van der Waals surface area (Å²) in [4.78, 5) is 37.7. The Labute approximate surface area is 345 Å². The Hall–Kier alpha value is -2.89. The van der Waals surface area contributed by atoms with Crippen LogP contribution in [0.25, 0.3) is 0 Å². The van der Waals surface area contributed by atoms with Crippen LogP contribution in [-0.4, -0.2) is 37.2 Å². The van der Waals surface area contributed by atoms with Gasteiger partial charge in [0.1, 0.15) is 13.2 Å². The Morgan fingerprint density at radius 2 is 0.714 bits per heavy atom. The molecule has 6 heteroatoms. The van der Waals surface area contributed by atoms with E-state index in [9.17, 15) is 14.4 Å². The van der Waals surface area contributed by atoms with E-state index < -0.39 is 6.10 Å². The highest BCUT2D eigenvalue weighted by Crippen LogP contribution is 2.13. The average Bonchev–Trinajstić information content (AvgIpc) is 3.19. The van der Waals surface area contributed by atoms with Crippen molar-refractivity contribution in [2.24, 2.45) is 0 Å². The summed E-state index contributed by atoms with van der Waals surface area (Å²) in [6.07, 6.45) is 53.4. The number of allylic oxidation sites excluding steroid dienone is 10. The van der Waals surface area contributed by atoms with Crippen LogP contribution >= 0.6 is 0 Å². The first-order valence-corrected chi connectivity index (χ1v) is 23.3. The van der Waals surface area contributed by atoms with Gasteiger partial charge in [0.2, 0.25) is 0 Å². The third-order valence-electron chi connectivity index (χ3n) is 9.76. The van der Waals surface area contributed by atoms with Gasteiger partial charge in [0.15, 0.2) is 6.10 Å². The van der Waals surface area contributed by atoms with Gasteiger partial charge in [-0.1, -0.05) is 184 Å². The molecular formula is C50H86O6. The van der Waals surface area contributed by atoms with E-state index in [4.69, 9.17) is 14.2 Å². The van der Waals surface area contributed by atoms with E-state index in [-0.39, 0.29) is 31.1 Å². The number of hydrogen-bond donors (Lipinski definition) is 0. The Balaban J connectivity index is 4.41. The van der Waals surface area contributed by atoms with Crippen molar-refractivity contribution in [2.45, 2.75) is 226 Å². The summed E-state index contributed by atoms with van der Waals surface area (Å²) in [6, 6.07) is 0. The number of hydrogen-bond acceptors (Lipinski definition) is 6. The van der Waals surface area contributed by atoms with Crippen LogP contribution < -0.4 is 0 Å². The first kappa shape index (κ1) is 53.1. The zero-order valence-corrected chi connectivity index (χ0v) is 36.6. The second-order valence-corrected chi connectivity index (χ2v) is 15.3. The lowest BCUT2D eigenvalue weighted by Gasteiger charge is -2.18. The Kier molecular flexibility index (Phi) is 42.5. The second-order valence-electron chi connectivity index (χ2n) is 15.3. The summed E-state index contributed by atoms with van der Waals surface area (Å²) in [7, 11) is 0. The van der Waals surface area contributed by atoms with Gasteiger partial charge in [-0.3, -0.25) is 14.4 Å². The topological polar surface area (TPSA) is 78.9 Å². The predicted octanol–water partition coefficient (Wildman–Crippen LogP) is 14.9. The van der Waals surface area contributed by atoms with Gasteiger partial charge in [0.05, 0.1) is 0 Å². The van der Waals surface area contributed by atoms with Gasteiger partial charge in [0.25, 0.3) is 0 Å². The third-order valence-corrected chi connectivity index (χ3v) is 9.76. The highest BCUT2D eigenvalue weighted by Gasteiger charge is 2.19. The molecule has 1 unspecified atom stereocenters. The van der Waals surface area contributed by atoms with Gasteiger partial charge in [-0.15, -0.1) is 0 Å². The summed E-state index contributed by atoms with van der Waals surface area (Å²) in [5.41, 5.74) is 0. The molecule has 0 heterocycles. The number of carbonyl (C=O) groups excluding carboxylic acids is 3. The molecule has 0 fully saturated rings. The zero-order valence-electron chi connectivity index (χ0n) is 36.6. The quantitative estimate of drug-likeness (QED) is 0.0266. The van der Waals surface area contributed by atoms with E-state index in [0.29, 0.717) is 19.3 Å². The van der Waals surface area contributed by atoms with E-state index in [1.54, 1.807) is 0 Å². The number of esters is 3. The minimum atomic E-state index is -0.784. The van der Waals surface area contributed by atoms with Crippen molar-refractivity contribution in [3.63, 3.8) is 0 Å². The molecule has 1 atom stereocenters. The first-order valence-electron chi connectivity index (χ1n) is 23.3. The van der Waals surface area contributed by atoms with Crippen molar-refractivity contribution < 1.29 is 28.6 Å². The lowest BCUT2D eigenvalue weighted by molar-refractivity contribution is -0.167. The van der Waals surface area contributed by atoms with Gasteiger partial charge in [-0.2, -0.15) is 0 Å². The number of unbranched alkanes of at least 4 members (excludes halogenated alkanes) is 20. The van der Waals surface area contributed by atoms with Crippen molar-refractivity contribution >= 4 is 17.9 Å². The lowest BCUT2D eigenvalue weighted by Crippen LogP contribution is -2.30. The lowest BCUT2D eigenvalue weighted by atomic mass is 10.1. The molecule has 56 heavy (non-hydrogen) atoms. The van der Waals surface area contributed by atoms with Crippen molar-refractivity contribution in [1.29, 1.82) is 0 Å². The minimum Gasteiger partial charge on any atom is -0.462 e. The smallest absolute Gasteiger partial charge is 0.306 e. The molecule has 0 spiro atoms. The van der Waals surface area contributed by atoms with Crippen molar-refractivity contribution in [3.8, 4) is 0 Å². The largest absolute Gasteiger partial charge is 0.462 e. The molecule has 6 nitrogen and oxygen atoms in total. The van der Waals surface area contributed by atoms with Crippen LogP contribution in [0.3, 0.4) is 0 Å². The summed E-state index contributed by atoms with van der Waals surface area (Å²) in [6.45, 7) is 6.43. The number of carbonyl (C=O) groups is 3. The molecule has 0 rings (SSSR count). The summed E-state index contributed by atoms with van der Waals surface area (Å²) < 4.78 is 16.7. The maximum absolute atomic E-state index is 12.7. The molecule has 0 aliphatic rings. The first-order chi connectivity index (χ1) is 27.5. The van der Waals surface area contributed by atoms with E-state index in [1.165, 1.54) is 57.8 Å². The van der Waals surface area contributed by atoms with Crippen LogP contribution in [0.2, 0.25) is 0 Å². The molecule has 0 saturated carbocycles. The van der Waals surface area contributed by atoms with E-state index >= 15 is 0 Å². The molecule has 0 N–H and O–H groups in total. The SMILES string of the molecule is CC/C=C\C/C=C\C/C=C\CCCCCCCC(=O)OCC(COC(=O)CCCCCCCCCCC)OC(=O)CCCCCCC/C=C\C/C=C\CCCC. The van der Waals surface area contributed by atoms with E-state index in [1.807, 2.05) is 0 Å². The molecule has 0 aromatic rings. The van der Waals surface area contributed by atoms with Crippen molar-refractivity contribution in [1.82, 2.24) is 0 Å². The van der Waals surface area contributed by atoms with Crippen LogP contribution in [0, 0.1) is 0 Å². The molecular weight excluding hydrogens is 697 g/mol. The summed E-state index contributed by atoms with van der Waals surface area (Å²) >= 11 is 0. The highest BCUT2D eigenvalue weighted by molar-refractivity contribution is 5.71. The molecule has 0 aromatic heterocycles. The van der Waals surface area contributed by atoms with E-state index in [2.05, 4.69) is 81.5 Å². The average molecular weight is 783 g/mol. The molecule has 0 aliphatic heterocycles. The van der Waals surface area contributed by atoms with Crippen LogP contribution in [0.4, 0.5) is 0 Å². The molecule has 0 aromatic carbocycles. The highest BCUT2D eigenvalue weighted by atomic mass is 16.6. The van der Waals surface area contributed by atoms with Crippen LogP contribution in [0.5, 0.6) is 0 Å². The van der Waals surface area contributed by atoms with Gasteiger partial charge >= 0.3 is 17.9 Å².